The van der Waals surface area contributed by atoms with E-state index in [1.54, 1.807) is 6.20 Å². The molecular formula is C30H38FN5O3. The predicted molar refractivity (Wildman–Crippen MR) is 148 cm³/mol. The van der Waals surface area contributed by atoms with Crippen molar-refractivity contribution in [3.8, 4) is 0 Å². The quantitative estimate of drug-likeness (QED) is 0.355. The van der Waals surface area contributed by atoms with E-state index in [2.05, 4.69) is 22.5 Å². The maximum Gasteiger partial charge on any atom is 0.325 e. The third-order valence-corrected chi connectivity index (χ3v) is 8.68. The summed E-state index contributed by atoms with van der Waals surface area (Å²) in [6.45, 7) is 3.27. The van der Waals surface area contributed by atoms with Crippen molar-refractivity contribution in [1.82, 2.24) is 19.7 Å². The second kappa shape index (κ2) is 11.6. The topological polar surface area (TPSA) is 92.5 Å². The molecule has 2 saturated heterocycles. The van der Waals surface area contributed by atoms with Gasteiger partial charge in [0.2, 0.25) is 0 Å². The average Bonchev–Trinajstić information content (AvgIpc) is 3.72. The summed E-state index contributed by atoms with van der Waals surface area (Å²) < 4.78 is 22.9. The number of fused-ring (bicyclic) bond motifs is 2. The third kappa shape index (κ3) is 5.52. The molecule has 3 aliphatic rings. The molecule has 1 aromatic carbocycles. The zero-order chi connectivity index (χ0) is 26.8. The largest absolute Gasteiger partial charge is 0.480 e. The Morgan fingerprint density at radius 2 is 2.15 bits per heavy atom. The lowest BCUT2D eigenvalue weighted by Crippen LogP contribution is -2.34. The van der Waals surface area contributed by atoms with Crippen LogP contribution in [0.2, 0.25) is 0 Å². The summed E-state index contributed by atoms with van der Waals surface area (Å²) >= 11 is 0. The number of hydrogen-bond acceptors (Lipinski definition) is 6. The third-order valence-electron chi connectivity index (χ3n) is 8.68. The first-order valence-electron chi connectivity index (χ1n) is 14.5. The van der Waals surface area contributed by atoms with Crippen LogP contribution in [0, 0.1) is 5.92 Å². The van der Waals surface area contributed by atoms with Gasteiger partial charge in [0.1, 0.15) is 18.0 Å². The summed E-state index contributed by atoms with van der Waals surface area (Å²) in [5, 5.41) is 19.2. The van der Waals surface area contributed by atoms with Crippen LogP contribution in [0.3, 0.4) is 0 Å². The standard InChI is InChI=1S/C30H38FN5O3/c31-26(9-2-1-7-23-11-10-20-6-4-14-32-29(20)34-23)22-12-15-35(18-22)28(30(37)38)25-8-3-5-21-17-33-36(27(21)25)24-13-16-39-19-24/h3,5,8,10-11,17,22,24,26,28H,1-2,4,6-7,9,12-16,18-19H2,(H,32,34)(H,37,38)/t22-,24-,26?,28+/m1/s1. The molecule has 9 heteroatoms. The van der Waals surface area contributed by atoms with E-state index in [1.165, 1.54) is 5.56 Å². The molecule has 208 valence electrons. The smallest absolute Gasteiger partial charge is 0.325 e. The van der Waals surface area contributed by atoms with Gasteiger partial charge in [0.15, 0.2) is 0 Å². The zero-order valence-electron chi connectivity index (χ0n) is 22.4. The van der Waals surface area contributed by atoms with Crippen molar-refractivity contribution < 1.29 is 19.0 Å². The fourth-order valence-corrected chi connectivity index (χ4v) is 6.56. The first kappa shape index (κ1) is 26.2. The molecule has 0 saturated carbocycles. The molecule has 2 aromatic heterocycles. The summed E-state index contributed by atoms with van der Waals surface area (Å²) in [7, 11) is 0. The molecule has 3 aromatic rings. The van der Waals surface area contributed by atoms with Crippen molar-refractivity contribution in [1.29, 1.82) is 0 Å². The number of halogens is 1. The van der Waals surface area contributed by atoms with Gasteiger partial charge in [-0.05, 0) is 63.1 Å². The summed E-state index contributed by atoms with van der Waals surface area (Å²) in [5.74, 6) is -0.0391. The number of nitrogens with zero attached hydrogens (tertiary/aromatic N) is 4. The number of benzene rings is 1. The van der Waals surface area contributed by atoms with Crippen LogP contribution in [0.15, 0.2) is 36.5 Å². The SMILES string of the molecule is O=C(O)[C@H](c1cccc2cnn([C@@H]3CCOC3)c12)N1CC[C@@H](C(F)CCCCc2ccc3c(n2)NCCC3)C1. The van der Waals surface area contributed by atoms with Gasteiger partial charge < -0.3 is 15.2 Å². The van der Waals surface area contributed by atoms with Crippen LogP contribution in [-0.4, -0.2) is 69.8 Å². The van der Waals surface area contributed by atoms with E-state index < -0.39 is 18.2 Å². The number of aromatic nitrogens is 3. The average molecular weight is 536 g/mol. The highest BCUT2D eigenvalue weighted by Crippen LogP contribution is 2.36. The number of rotatable bonds is 10. The number of unbranched alkanes of at least 4 members (excludes halogenated alkanes) is 1. The summed E-state index contributed by atoms with van der Waals surface area (Å²) in [5.41, 5.74) is 3.93. The normalized spacial score (nSPS) is 23.0. The molecule has 8 nitrogen and oxygen atoms in total. The van der Waals surface area contributed by atoms with Crippen LogP contribution in [0.5, 0.6) is 0 Å². The van der Waals surface area contributed by atoms with Crippen molar-refractivity contribution in [3.63, 3.8) is 0 Å². The van der Waals surface area contributed by atoms with Crippen LogP contribution in [0.4, 0.5) is 10.2 Å². The Hall–Kier alpha value is -3.04. The minimum atomic E-state index is -0.931. The molecule has 39 heavy (non-hydrogen) atoms. The number of pyridine rings is 1. The monoisotopic (exact) mass is 535 g/mol. The number of carbonyl (C=O) groups is 1. The first-order valence-corrected chi connectivity index (χ1v) is 14.5. The summed E-state index contributed by atoms with van der Waals surface area (Å²) in [4.78, 5) is 19.3. The van der Waals surface area contributed by atoms with E-state index in [9.17, 15) is 9.90 Å². The minimum Gasteiger partial charge on any atom is -0.480 e. The van der Waals surface area contributed by atoms with Gasteiger partial charge in [0, 0.05) is 42.3 Å². The molecule has 0 aliphatic carbocycles. The Labute approximate surface area is 228 Å². The molecule has 2 fully saturated rings. The predicted octanol–water partition coefficient (Wildman–Crippen LogP) is 4.95. The second-order valence-corrected chi connectivity index (χ2v) is 11.3. The summed E-state index contributed by atoms with van der Waals surface area (Å²) in [6.07, 6.45) is 7.68. The minimum absolute atomic E-state index is 0.104. The molecule has 4 atom stereocenters. The van der Waals surface area contributed by atoms with Crippen molar-refractivity contribution in [2.75, 3.05) is 38.2 Å². The molecule has 2 N–H and O–H groups in total. The lowest BCUT2D eigenvalue weighted by Gasteiger charge is -2.26. The van der Waals surface area contributed by atoms with Gasteiger partial charge in [-0.25, -0.2) is 9.37 Å². The number of anilines is 1. The fraction of sp³-hybridized carbons (Fsp3) is 0.567. The molecule has 0 bridgehead atoms. The number of nitrogens with one attached hydrogen (secondary N) is 1. The molecule has 0 amide bonds. The van der Waals surface area contributed by atoms with Gasteiger partial charge in [-0.3, -0.25) is 14.4 Å². The maximum atomic E-state index is 15.3. The summed E-state index contributed by atoms with van der Waals surface area (Å²) in [6, 6.07) is 9.30. The molecule has 3 aliphatic heterocycles. The Balaban J connectivity index is 1.07. The van der Waals surface area contributed by atoms with Gasteiger partial charge in [-0.1, -0.05) is 30.7 Å². The first-order chi connectivity index (χ1) is 19.1. The zero-order valence-corrected chi connectivity index (χ0v) is 22.4. The second-order valence-electron chi connectivity index (χ2n) is 11.3. The number of ether oxygens (including phenoxy) is 1. The van der Waals surface area contributed by atoms with E-state index >= 15 is 4.39 Å². The van der Waals surface area contributed by atoms with E-state index in [0.717, 1.165) is 73.0 Å². The molecule has 5 heterocycles. The number of carboxylic acids is 1. The highest BCUT2D eigenvalue weighted by atomic mass is 19.1. The van der Waals surface area contributed by atoms with Gasteiger partial charge >= 0.3 is 5.97 Å². The van der Waals surface area contributed by atoms with Crippen LogP contribution in [-0.2, 0) is 22.4 Å². The number of aliphatic carboxylic acids is 1. The number of aryl methyl sites for hydroxylation is 2. The Bertz CT molecular complexity index is 1310. The number of para-hydroxylation sites is 1. The van der Waals surface area contributed by atoms with E-state index in [-0.39, 0.29) is 12.0 Å². The van der Waals surface area contributed by atoms with Crippen LogP contribution >= 0.6 is 0 Å². The van der Waals surface area contributed by atoms with E-state index in [0.29, 0.717) is 39.1 Å². The van der Waals surface area contributed by atoms with Crippen LogP contribution in [0.25, 0.3) is 10.9 Å². The van der Waals surface area contributed by atoms with Gasteiger partial charge in [0.05, 0.1) is 24.4 Å². The van der Waals surface area contributed by atoms with Crippen molar-refractivity contribution in [3.05, 3.63) is 53.3 Å². The molecule has 0 radical (unpaired) electrons. The van der Waals surface area contributed by atoms with Crippen LogP contribution in [0.1, 0.15) is 67.4 Å². The lowest BCUT2D eigenvalue weighted by atomic mass is 9.97. The van der Waals surface area contributed by atoms with Crippen LogP contribution < -0.4 is 5.32 Å². The van der Waals surface area contributed by atoms with Gasteiger partial charge in [-0.15, -0.1) is 0 Å². The van der Waals surface area contributed by atoms with Crippen molar-refractivity contribution in [2.24, 2.45) is 5.92 Å². The number of carboxylic acid groups (broad SMARTS) is 1. The molecule has 6 rings (SSSR count). The van der Waals surface area contributed by atoms with Gasteiger partial charge in [-0.2, -0.15) is 5.10 Å². The Morgan fingerprint density at radius 3 is 3.00 bits per heavy atom. The number of alkyl halides is 1. The van der Waals surface area contributed by atoms with E-state index in [1.807, 2.05) is 27.8 Å². The van der Waals surface area contributed by atoms with Gasteiger partial charge in [0.25, 0.3) is 0 Å². The Morgan fingerprint density at radius 1 is 1.23 bits per heavy atom. The molecule has 0 spiro atoms. The van der Waals surface area contributed by atoms with Crippen molar-refractivity contribution in [2.45, 2.75) is 69.6 Å². The fourth-order valence-electron chi connectivity index (χ4n) is 6.56. The molecular weight excluding hydrogens is 497 g/mol. The number of hydrogen-bond donors (Lipinski definition) is 2. The Kier molecular flexibility index (Phi) is 7.79. The molecule has 1 unspecified atom stereocenters. The van der Waals surface area contributed by atoms with Crippen molar-refractivity contribution >= 4 is 22.7 Å². The number of likely N-dealkylation sites (tertiary alicyclic amines) is 1. The maximum absolute atomic E-state index is 15.3. The highest BCUT2D eigenvalue weighted by Gasteiger charge is 2.38. The highest BCUT2D eigenvalue weighted by molar-refractivity contribution is 5.88. The van der Waals surface area contributed by atoms with E-state index in [4.69, 9.17) is 9.72 Å². The lowest BCUT2D eigenvalue weighted by molar-refractivity contribution is -0.143.